The molecule has 1 aliphatic rings. The van der Waals surface area contributed by atoms with Crippen molar-refractivity contribution in [1.82, 2.24) is 10.2 Å². The highest BCUT2D eigenvalue weighted by atomic mass is 35.5. The number of aliphatic carboxylic acids is 1. The van der Waals surface area contributed by atoms with Crippen molar-refractivity contribution in [3.63, 3.8) is 0 Å². The van der Waals surface area contributed by atoms with E-state index in [0.29, 0.717) is 24.5 Å². The SMILES string of the molecule is CC(C)C(=O)NC1CCN(C(=O)C(N)Cc2ccc(Cl)cc2)C1.O=C(O)C(F)(F)F. The molecule has 0 bridgehead atoms. The lowest BCUT2D eigenvalue weighted by Crippen LogP contribution is -2.46. The summed E-state index contributed by atoms with van der Waals surface area (Å²) in [6.07, 6.45) is -3.83. The number of likely N-dealkylation sites (tertiary alicyclic amines) is 1. The predicted octanol–water partition coefficient (Wildman–Crippen LogP) is 2.22. The Kier molecular flexibility index (Phi) is 9.57. The van der Waals surface area contributed by atoms with Crippen LogP contribution in [0.25, 0.3) is 0 Å². The van der Waals surface area contributed by atoms with Gasteiger partial charge in [0.2, 0.25) is 11.8 Å². The van der Waals surface area contributed by atoms with Crippen molar-refractivity contribution in [2.45, 2.75) is 44.9 Å². The van der Waals surface area contributed by atoms with E-state index in [1.54, 1.807) is 17.0 Å². The topological polar surface area (TPSA) is 113 Å². The molecule has 7 nitrogen and oxygen atoms in total. The summed E-state index contributed by atoms with van der Waals surface area (Å²) in [5.74, 6) is -2.85. The number of nitrogens with zero attached hydrogens (tertiary/aromatic N) is 1. The molecule has 1 saturated heterocycles. The zero-order valence-electron chi connectivity index (χ0n) is 16.6. The summed E-state index contributed by atoms with van der Waals surface area (Å²) < 4.78 is 31.7. The molecule has 1 aromatic carbocycles. The molecule has 1 aromatic rings. The van der Waals surface area contributed by atoms with E-state index >= 15 is 0 Å². The molecule has 2 rings (SSSR count). The number of hydrogen-bond acceptors (Lipinski definition) is 4. The summed E-state index contributed by atoms with van der Waals surface area (Å²) in [5, 5.41) is 10.8. The predicted molar refractivity (Wildman–Crippen MR) is 105 cm³/mol. The second-order valence-corrected chi connectivity index (χ2v) is 7.61. The fourth-order valence-electron chi connectivity index (χ4n) is 2.64. The molecule has 168 valence electrons. The minimum Gasteiger partial charge on any atom is -0.475 e. The van der Waals surface area contributed by atoms with Gasteiger partial charge in [-0.25, -0.2) is 4.79 Å². The molecule has 4 N–H and O–H groups in total. The Morgan fingerprint density at radius 1 is 1.27 bits per heavy atom. The van der Waals surface area contributed by atoms with Gasteiger partial charge < -0.3 is 21.1 Å². The van der Waals surface area contributed by atoms with Gasteiger partial charge in [-0.3, -0.25) is 9.59 Å². The second-order valence-electron chi connectivity index (χ2n) is 7.17. The van der Waals surface area contributed by atoms with Crippen molar-refractivity contribution in [1.29, 1.82) is 0 Å². The van der Waals surface area contributed by atoms with Gasteiger partial charge in [0.1, 0.15) is 0 Å². The Morgan fingerprint density at radius 3 is 2.27 bits per heavy atom. The molecule has 2 atom stereocenters. The van der Waals surface area contributed by atoms with Crippen LogP contribution >= 0.6 is 11.6 Å². The summed E-state index contributed by atoms with van der Waals surface area (Å²) >= 11 is 5.85. The smallest absolute Gasteiger partial charge is 0.475 e. The van der Waals surface area contributed by atoms with Crippen LogP contribution in [0, 0.1) is 5.92 Å². The molecule has 1 heterocycles. The Balaban J connectivity index is 0.000000553. The number of carbonyl (C=O) groups excluding carboxylic acids is 2. The molecule has 0 spiro atoms. The lowest BCUT2D eigenvalue weighted by Gasteiger charge is -2.21. The number of benzene rings is 1. The minimum absolute atomic E-state index is 0.0229. The normalized spacial score (nSPS) is 17.2. The molecular formula is C19H25ClF3N3O4. The standard InChI is InChI=1S/C17H24ClN3O2.C2HF3O2/c1-11(2)16(22)20-14-7-8-21(10-14)17(23)15(19)9-12-3-5-13(18)6-4-12;3-2(4,5)1(6)7/h3-6,11,14-15H,7-10,19H2,1-2H3,(H,20,22);(H,6,7). The summed E-state index contributed by atoms with van der Waals surface area (Å²) in [6, 6.07) is 6.80. The van der Waals surface area contributed by atoms with E-state index in [1.165, 1.54) is 0 Å². The molecular weight excluding hydrogens is 427 g/mol. The van der Waals surface area contributed by atoms with Gasteiger partial charge in [-0.05, 0) is 30.5 Å². The highest BCUT2D eigenvalue weighted by Gasteiger charge is 2.38. The van der Waals surface area contributed by atoms with Crippen LogP contribution in [0.4, 0.5) is 13.2 Å². The first-order valence-corrected chi connectivity index (χ1v) is 9.58. The van der Waals surface area contributed by atoms with Crippen LogP contribution in [0.5, 0.6) is 0 Å². The minimum atomic E-state index is -5.08. The first-order chi connectivity index (χ1) is 13.8. The first kappa shape index (κ1) is 25.7. The third-order valence-electron chi connectivity index (χ3n) is 4.30. The van der Waals surface area contributed by atoms with Crippen LogP contribution in [0.2, 0.25) is 5.02 Å². The van der Waals surface area contributed by atoms with Gasteiger partial charge in [-0.1, -0.05) is 37.6 Å². The van der Waals surface area contributed by atoms with Gasteiger partial charge in [0, 0.05) is 30.1 Å². The van der Waals surface area contributed by atoms with E-state index in [-0.39, 0.29) is 23.8 Å². The number of amides is 2. The summed E-state index contributed by atoms with van der Waals surface area (Å²) in [6.45, 7) is 4.88. The number of carboxylic acids is 1. The van der Waals surface area contributed by atoms with Crippen molar-refractivity contribution >= 4 is 29.4 Å². The lowest BCUT2D eigenvalue weighted by atomic mass is 10.1. The van der Waals surface area contributed by atoms with Crippen LogP contribution in [-0.2, 0) is 20.8 Å². The van der Waals surface area contributed by atoms with E-state index in [2.05, 4.69) is 5.32 Å². The average Bonchev–Trinajstić information content (AvgIpc) is 3.11. The number of carbonyl (C=O) groups is 3. The van der Waals surface area contributed by atoms with Gasteiger partial charge in [0.15, 0.2) is 0 Å². The third kappa shape index (κ3) is 8.58. The van der Waals surface area contributed by atoms with Crippen molar-refractivity contribution in [3.8, 4) is 0 Å². The Bertz CT molecular complexity index is 742. The maximum atomic E-state index is 12.4. The summed E-state index contributed by atoms with van der Waals surface area (Å²) in [7, 11) is 0. The number of nitrogens with two attached hydrogens (primary N) is 1. The highest BCUT2D eigenvalue weighted by Crippen LogP contribution is 2.15. The molecule has 0 aromatic heterocycles. The van der Waals surface area contributed by atoms with Gasteiger partial charge in [0.25, 0.3) is 0 Å². The van der Waals surface area contributed by atoms with Gasteiger partial charge >= 0.3 is 12.1 Å². The number of carboxylic acid groups (broad SMARTS) is 1. The van der Waals surface area contributed by atoms with E-state index in [0.717, 1.165) is 12.0 Å². The molecule has 30 heavy (non-hydrogen) atoms. The van der Waals surface area contributed by atoms with Crippen LogP contribution in [0.1, 0.15) is 25.8 Å². The Hall–Kier alpha value is -2.33. The van der Waals surface area contributed by atoms with Crippen LogP contribution in [-0.4, -0.2) is 59.1 Å². The number of halogens is 4. The van der Waals surface area contributed by atoms with Gasteiger partial charge in [0.05, 0.1) is 6.04 Å². The van der Waals surface area contributed by atoms with E-state index in [4.69, 9.17) is 27.2 Å². The fraction of sp³-hybridized carbons (Fsp3) is 0.526. The molecule has 0 saturated carbocycles. The third-order valence-corrected chi connectivity index (χ3v) is 4.55. The Morgan fingerprint density at radius 2 is 1.80 bits per heavy atom. The maximum absolute atomic E-state index is 12.4. The summed E-state index contributed by atoms with van der Waals surface area (Å²) in [4.78, 5) is 34.8. The zero-order valence-corrected chi connectivity index (χ0v) is 17.3. The van der Waals surface area contributed by atoms with Crippen LogP contribution in [0.15, 0.2) is 24.3 Å². The van der Waals surface area contributed by atoms with Crippen molar-refractivity contribution in [3.05, 3.63) is 34.9 Å². The Labute approximate surface area is 177 Å². The number of nitrogens with one attached hydrogen (secondary N) is 1. The number of rotatable bonds is 5. The molecule has 1 fully saturated rings. The largest absolute Gasteiger partial charge is 0.490 e. The van der Waals surface area contributed by atoms with Crippen molar-refractivity contribution < 1.29 is 32.7 Å². The summed E-state index contributed by atoms with van der Waals surface area (Å²) in [5.41, 5.74) is 7.04. The second kappa shape index (κ2) is 11.2. The van der Waals surface area contributed by atoms with Gasteiger partial charge in [-0.2, -0.15) is 13.2 Å². The average molecular weight is 452 g/mol. The molecule has 2 unspecified atom stereocenters. The van der Waals surface area contributed by atoms with Crippen LogP contribution < -0.4 is 11.1 Å². The molecule has 0 radical (unpaired) electrons. The first-order valence-electron chi connectivity index (χ1n) is 9.20. The van der Waals surface area contributed by atoms with E-state index < -0.39 is 18.2 Å². The van der Waals surface area contributed by atoms with Crippen molar-refractivity contribution in [2.75, 3.05) is 13.1 Å². The highest BCUT2D eigenvalue weighted by molar-refractivity contribution is 6.30. The zero-order chi connectivity index (χ0) is 23.1. The number of hydrogen-bond donors (Lipinski definition) is 3. The molecule has 1 aliphatic heterocycles. The maximum Gasteiger partial charge on any atom is 0.490 e. The van der Waals surface area contributed by atoms with Crippen LogP contribution in [0.3, 0.4) is 0 Å². The monoisotopic (exact) mass is 451 g/mol. The van der Waals surface area contributed by atoms with Crippen molar-refractivity contribution in [2.24, 2.45) is 11.7 Å². The van der Waals surface area contributed by atoms with Gasteiger partial charge in [-0.15, -0.1) is 0 Å². The van der Waals surface area contributed by atoms with E-state index in [9.17, 15) is 22.8 Å². The fourth-order valence-corrected chi connectivity index (χ4v) is 2.77. The van der Waals surface area contributed by atoms with E-state index in [1.807, 2.05) is 26.0 Å². The molecule has 11 heteroatoms. The molecule has 0 aliphatic carbocycles. The number of alkyl halides is 3. The quantitative estimate of drug-likeness (QED) is 0.635. The lowest BCUT2D eigenvalue weighted by molar-refractivity contribution is -0.192. The molecule has 2 amide bonds.